The van der Waals surface area contributed by atoms with E-state index in [1.54, 1.807) is 12.4 Å². The van der Waals surface area contributed by atoms with E-state index in [0.29, 0.717) is 28.7 Å². The van der Waals surface area contributed by atoms with Crippen LogP contribution in [0.5, 0.6) is 5.75 Å². The Morgan fingerprint density at radius 1 is 0.919 bits per heavy atom. The normalized spacial score (nSPS) is 12.7. The molecule has 3 aromatic rings. The van der Waals surface area contributed by atoms with Crippen molar-refractivity contribution in [2.24, 2.45) is 0 Å². The lowest BCUT2D eigenvalue weighted by atomic mass is 9.94. The second kappa shape index (κ2) is 12.2. The summed E-state index contributed by atoms with van der Waals surface area (Å²) in [6, 6.07) is 15.3. The minimum absolute atomic E-state index is 0.166. The van der Waals surface area contributed by atoms with Crippen LogP contribution < -0.4 is 15.1 Å². The number of pyridine rings is 1. The SMILES string of the molecule is CC(C)[Si](Oc1ccc(C(CCNC(=O)O)C(=O)Nc2ccc3cnccc3c2)cc1)(C(C)C)C(C)C. The van der Waals surface area contributed by atoms with Crippen LogP contribution in [0.4, 0.5) is 10.5 Å². The lowest BCUT2D eigenvalue weighted by Gasteiger charge is -2.42. The fourth-order valence-corrected chi connectivity index (χ4v) is 10.7. The molecule has 3 N–H and O–H groups in total. The number of carbonyl (C=O) groups is 2. The molecule has 1 aromatic heterocycles. The number of carboxylic acid groups (broad SMARTS) is 1. The number of aromatic nitrogens is 1. The molecule has 198 valence electrons. The van der Waals surface area contributed by atoms with Crippen molar-refractivity contribution in [1.82, 2.24) is 10.3 Å². The first-order valence-corrected chi connectivity index (χ1v) is 15.1. The molecule has 1 heterocycles. The molecule has 37 heavy (non-hydrogen) atoms. The minimum Gasteiger partial charge on any atom is -0.543 e. The van der Waals surface area contributed by atoms with Gasteiger partial charge in [-0.2, -0.15) is 0 Å². The molecular formula is C29H39N3O4Si. The highest BCUT2D eigenvalue weighted by atomic mass is 28.4. The van der Waals surface area contributed by atoms with Crippen molar-refractivity contribution < 1.29 is 19.1 Å². The number of hydrogen-bond donors (Lipinski definition) is 3. The van der Waals surface area contributed by atoms with Gasteiger partial charge >= 0.3 is 6.09 Å². The fourth-order valence-electron chi connectivity index (χ4n) is 5.49. The molecule has 0 aliphatic rings. The molecule has 2 amide bonds. The van der Waals surface area contributed by atoms with Crippen LogP contribution >= 0.6 is 0 Å². The number of carbonyl (C=O) groups excluding carboxylic acids is 1. The minimum atomic E-state index is -2.10. The Morgan fingerprint density at radius 2 is 1.57 bits per heavy atom. The average molecular weight is 522 g/mol. The summed E-state index contributed by atoms with van der Waals surface area (Å²) in [6.45, 7) is 13.7. The molecule has 8 heteroatoms. The Morgan fingerprint density at radius 3 is 2.16 bits per heavy atom. The Labute approximate surface area is 220 Å². The van der Waals surface area contributed by atoms with Gasteiger partial charge in [-0.25, -0.2) is 4.79 Å². The first-order chi connectivity index (χ1) is 17.5. The van der Waals surface area contributed by atoms with E-state index in [9.17, 15) is 9.59 Å². The molecule has 3 rings (SSSR count). The predicted molar refractivity (Wildman–Crippen MR) is 152 cm³/mol. The third kappa shape index (κ3) is 6.68. The number of nitrogens with one attached hydrogen (secondary N) is 2. The Bertz CT molecular complexity index is 1190. The van der Waals surface area contributed by atoms with Crippen LogP contribution in [0, 0.1) is 0 Å². The maximum absolute atomic E-state index is 13.4. The van der Waals surface area contributed by atoms with E-state index in [4.69, 9.17) is 9.53 Å². The molecule has 1 unspecified atom stereocenters. The van der Waals surface area contributed by atoms with Crippen LogP contribution in [-0.4, -0.2) is 37.0 Å². The molecule has 0 saturated heterocycles. The van der Waals surface area contributed by atoms with Gasteiger partial charge in [0.05, 0.1) is 5.92 Å². The molecule has 2 aromatic carbocycles. The number of nitrogens with zero attached hydrogens (tertiary/aromatic N) is 1. The summed E-state index contributed by atoms with van der Waals surface area (Å²) >= 11 is 0. The zero-order valence-electron chi connectivity index (χ0n) is 22.6. The van der Waals surface area contributed by atoms with Crippen LogP contribution in [0.15, 0.2) is 60.9 Å². The van der Waals surface area contributed by atoms with Crippen molar-refractivity contribution >= 4 is 36.8 Å². The van der Waals surface area contributed by atoms with E-state index >= 15 is 0 Å². The van der Waals surface area contributed by atoms with Crippen molar-refractivity contribution in [3.8, 4) is 5.75 Å². The van der Waals surface area contributed by atoms with Gasteiger partial charge < -0.3 is 20.2 Å². The van der Waals surface area contributed by atoms with Gasteiger partial charge in [0.2, 0.25) is 5.91 Å². The standard InChI is InChI=1S/C29H39N3O4Si/c1-19(2)37(20(3)4,21(5)6)36-26-11-8-22(9-12-26)27(14-16-31-29(34)35)28(33)32-25-10-7-24-18-30-15-13-23(24)17-25/h7-13,15,17-21,27,31H,14,16H2,1-6H3,(H,32,33)(H,34,35). The molecule has 0 aliphatic carbocycles. The molecule has 0 radical (unpaired) electrons. The van der Waals surface area contributed by atoms with Gasteiger partial charge in [-0.05, 0) is 64.3 Å². The van der Waals surface area contributed by atoms with Gasteiger partial charge in [0.15, 0.2) is 0 Å². The summed E-state index contributed by atoms with van der Waals surface area (Å²) < 4.78 is 6.77. The maximum Gasteiger partial charge on any atom is 0.404 e. The molecule has 0 saturated carbocycles. The summed E-state index contributed by atoms with van der Waals surface area (Å²) in [5, 5.41) is 16.4. The third-order valence-corrected chi connectivity index (χ3v) is 13.2. The van der Waals surface area contributed by atoms with Crippen molar-refractivity contribution in [3.63, 3.8) is 0 Å². The van der Waals surface area contributed by atoms with Gasteiger partial charge in [-0.15, -0.1) is 0 Å². The smallest absolute Gasteiger partial charge is 0.404 e. The molecule has 0 aliphatic heterocycles. The number of benzene rings is 2. The Kier molecular flexibility index (Phi) is 9.32. The van der Waals surface area contributed by atoms with Gasteiger partial charge in [-0.1, -0.05) is 59.7 Å². The Hall–Kier alpha value is -3.39. The zero-order valence-corrected chi connectivity index (χ0v) is 23.6. The fraction of sp³-hybridized carbons (Fsp3) is 0.414. The van der Waals surface area contributed by atoms with Crippen LogP contribution in [0.25, 0.3) is 10.8 Å². The largest absolute Gasteiger partial charge is 0.543 e. The highest BCUT2D eigenvalue weighted by Crippen LogP contribution is 2.43. The first-order valence-electron chi connectivity index (χ1n) is 12.9. The Balaban J connectivity index is 1.84. The van der Waals surface area contributed by atoms with Crippen molar-refractivity contribution in [3.05, 3.63) is 66.5 Å². The first kappa shape index (κ1) is 28.2. The van der Waals surface area contributed by atoms with Crippen LogP contribution in [0.1, 0.15) is 59.4 Å². The highest BCUT2D eigenvalue weighted by Gasteiger charge is 2.47. The van der Waals surface area contributed by atoms with E-state index in [1.165, 1.54) is 0 Å². The van der Waals surface area contributed by atoms with E-state index in [1.807, 2.05) is 48.5 Å². The number of amides is 2. The third-order valence-electron chi connectivity index (χ3n) is 7.22. The van der Waals surface area contributed by atoms with Crippen molar-refractivity contribution in [1.29, 1.82) is 0 Å². The van der Waals surface area contributed by atoms with Gasteiger partial charge in [0.1, 0.15) is 5.75 Å². The predicted octanol–water partition coefficient (Wildman–Crippen LogP) is 7.17. The van der Waals surface area contributed by atoms with E-state index in [2.05, 4.69) is 57.2 Å². The van der Waals surface area contributed by atoms with Gasteiger partial charge in [0.25, 0.3) is 8.32 Å². The summed E-state index contributed by atoms with van der Waals surface area (Å²) in [4.78, 5) is 28.5. The molecule has 0 fully saturated rings. The highest BCUT2D eigenvalue weighted by molar-refractivity contribution is 6.78. The summed E-state index contributed by atoms with van der Waals surface area (Å²) in [7, 11) is -2.10. The number of fused-ring (bicyclic) bond motifs is 1. The molecule has 0 bridgehead atoms. The lowest BCUT2D eigenvalue weighted by molar-refractivity contribution is -0.117. The van der Waals surface area contributed by atoms with Gasteiger partial charge in [0, 0.05) is 30.0 Å². The van der Waals surface area contributed by atoms with Crippen LogP contribution in [0.3, 0.4) is 0 Å². The van der Waals surface area contributed by atoms with Crippen LogP contribution in [0.2, 0.25) is 16.6 Å². The zero-order chi connectivity index (χ0) is 27.2. The summed E-state index contributed by atoms with van der Waals surface area (Å²) in [5.41, 5.74) is 2.84. The quantitative estimate of drug-likeness (QED) is 0.232. The second-order valence-electron chi connectivity index (χ2n) is 10.5. The molecular weight excluding hydrogens is 482 g/mol. The van der Waals surface area contributed by atoms with Crippen molar-refractivity contribution in [2.45, 2.75) is 70.5 Å². The van der Waals surface area contributed by atoms with Crippen molar-refractivity contribution in [2.75, 3.05) is 11.9 Å². The number of anilines is 1. The average Bonchev–Trinajstić information content (AvgIpc) is 2.84. The number of hydrogen-bond acceptors (Lipinski definition) is 4. The number of rotatable bonds is 11. The van der Waals surface area contributed by atoms with E-state index in [0.717, 1.165) is 22.1 Å². The topological polar surface area (TPSA) is 101 Å². The molecule has 0 spiro atoms. The van der Waals surface area contributed by atoms with Crippen LogP contribution in [-0.2, 0) is 4.79 Å². The van der Waals surface area contributed by atoms with E-state index < -0.39 is 20.3 Å². The van der Waals surface area contributed by atoms with E-state index in [-0.39, 0.29) is 12.5 Å². The van der Waals surface area contributed by atoms with Gasteiger partial charge in [-0.3, -0.25) is 9.78 Å². The maximum atomic E-state index is 13.4. The second-order valence-corrected chi connectivity index (χ2v) is 15.9. The molecule has 1 atom stereocenters. The lowest BCUT2D eigenvalue weighted by Crippen LogP contribution is -2.50. The summed E-state index contributed by atoms with van der Waals surface area (Å²) in [5.74, 6) is 0.0957. The monoisotopic (exact) mass is 521 g/mol. The summed E-state index contributed by atoms with van der Waals surface area (Å²) in [6.07, 6.45) is 2.72. The molecule has 7 nitrogen and oxygen atoms in total.